The normalized spacial score (nSPS) is 43.3. The van der Waals surface area contributed by atoms with Gasteiger partial charge in [-0.15, -0.1) is 0 Å². The van der Waals surface area contributed by atoms with Gasteiger partial charge in [0.25, 0.3) is 5.91 Å². The van der Waals surface area contributed by atoms with Gasteiger partial charge in [-0.05, 0) is 61.9 Å². The maximum absolute atomic E-state index is 14.6. The van der Waals surface area contributed by atoms with E-state index < -0.39 is 154 Å². The number of carbonyl (C=O) groups is 5. The molecule has 0 bridgehead atoms. The van der Waals surface area contributed by atoms with Crippen molar-refractivity contribution in [3.05, 3.63) is 0 Å². The van der Waals surface area contributed by atoms with E-state index in [1.165, 1.54) is 31.4 Å². The summed E-state index contributed by atoms with van der Waals surface area (Å²) >= 11 is 0. The Bertz CT molecular complexity index is 1830. The van der Waals surface area contributed by atoms with Gasteiger partial charge in [0, 0.05) is 45.0 Å². The number of primary amides is 1. The maximum Gasteiger partial charge on any atom is 0.315 e. The van der Waals surface area contributed by atoms with Crippen LogP contribution in [-0.4, -0.2) is 64.6 Å². The van der Waals surface area contributed by atoms with E-state index in [9.17, 15) is 24.0 Å². The highest BCUT2D eigenvalue weighted by atomic mass is 16.2. The van der Waals surface area contributed by atoms with Crippen LogP contribution in [0.2, 0.25) is 0 Å². The number of rotatable bonds is 9. The first-order chi connectivity index (χ1) is 27.3. The molecule has 5 atom stereocenters. The second kappa shape index (κ2) is 10.5. The highest BCUT2D eigenvalue weighted by molar-refractivity contribution is 6.37. The third-order valence-electron chi connectivity index (χ3n) is 6.10. The molecule has 0 spiro atoms. The van der Waals surface area contributed by atoms with E-state index in [-0.39, 0.29) is 0 Å². The van der Waals surface area contributed by atoms with Gasteiger partial charge in [-0.25, -0.2) is 4.79 Å². The van der Waals surface area contributed by atoms with E-state index in [4.69, 9.17) is 40.0 Å². The molecule has 1 unspecified atom stereocenters. The molecule has 3 aliphatic rings. The van der Waals surface area contributed by atoms with Crippen LogP contribution in [0.1, 0.15) is 121 Å². The number of nitrogens with two attached hydrogens (primary N) is 1. The summed E-state index contributed by atoms with van der Waals surface area (Å²) in [6.07, 6.45) is -16.8. The van der Waals surface area contributed by atoms with Crippen molar-refractivity contribution >= 4 is 29.5 Å². The van der Waals surface area contributed by atoms with Gasteiger partial charge in [0.1, 0.15) is 12.1 Å². The summed E-state index contributed by atoms with van der Waals surface area (Å²) in [5, 5.41) is 4.80. The molecule has 38 heavy (non-hydrogen) atoms. The zero-order valence-corrected chi connectivity index (χ0v) is 20.8. The lowest BCUT2D eigenvalue weighted by Gasteiger charge is -2.36. The molecule has 0 aromatic rings. The van der Waals surface area contributed by atoms with Crippen LogP contribution in [0.4, 0.5) is 4.79 Å². The molecule has 2 aliphatic carbocycles. The molecule has 2 saturated carbocycles. The van der Waals surface area contributed by atoms with E-state index in [2.05, 4.69) is 0 Å². The molecule has 1 heterocycles. The standard InChI is InChI=1S/C28H47N5O5/c1-26(2,3)13-18(31-25(38)32-27(4,5)6)24(37)33-14-16-19(28(16,7)8)20(33)23(36)30-17(21(34)22(29)35)12-15-10-9-11-15/h15-20H,9-14H2,1-8H3,(H2,29,35)(H,30,36)(H2,31,32,38)/t16-,17?,18-,19-,20-/m0/s1/i4D3,5D3,6D3,7D3,8D3,9D2,10D2,11D2,12D2,15D,17D. The van der Waals surface area contributed by atoms with Crippen LogP contribution in [0, 0.1) is 28.6 Å². The smallest absolute Gasteiger partial charge is 0.315 e. The van der Waals surface area contributed by atoms with Gasteiger partial charge in [0.05, 0.1) is 7.39 Å². The average molecular weight is 559 g/mol. The third kappa shape index (κ3) is 6.86. The Morgan fingerprint density at radius 2 is 1.84 bits per heavy atom. The average Bonchev–Trinajstić information content (AvgIpc) is 3.57. The molecule has 1 saturated heterocycles. The fourth-order valence-electron chi connectivity index (χ4n) is 4.42. The molecule has 5 N–H and O–H groups in total. The molecule has 3 fully saturated rings. The summed E-state index contributed by atoms with van der Waals surface area (Å²) in [5.41, 5.74) is -2.94. The Hall–Kier alpha value is -2.65. The number of piperidine rings is 1. The van der Waals surface area contributed by atoms with Crippen LogP contribution in [0.25, 0.3) is 0 Å². The Morgan fingerprint density at radius 3 is 2.39 bits per heavy atom. The largest absolute Gasteiger partial charge is 0.363 e. The van der Waals surface area contributed by atoms with Crippen molar-refractivity contribution in [3.8, 4) is 0 Å². The van der Waals surface area contributed by atoms with Gasteiger partial charge in [0.2, 0.25) is 17.6 Å². The number of urea groups is 1. The number of nitrogens with zero attached hydrogens (tertiary/aromatic N) is 1. The van der Waals surface area contributed by atoms with E-state index in [1.807, 2.05) is 5.32 Å². The van der Waals surface area contributed by atoms with Gasteiger partial charge in [0.15, 0.2) is 0 Å². The Morgan fingerprint density at radius 1 is 1.18 bits per heavy atom. The molecular weight excluding hydrogens is 486 g/mol. The lowest BCUT2D eigenvalue weighted by molar-refractivity contribution is -0.144. The predicted octanol–water partition coefficient (Wildman–Crippen LogP) is 2.10. The quantitative estimate of drug-likeness (QED) is 0.320. The monoisotopic (exact) mass is 559 g/mol. The van der Waals surface area contributed by atoms with Gasteiger partial charge >= 0.3 is 6.03 Å². The fraction of sp³-hybridized carbons (Fsp3) is 0.821. The Kier molecular flexibility index (Phi) is 2.96. The van der Waals surface area contributed by atoms with Crippen molar-refractivity contribution in [2.75, 3.05) is 6.54 Å². The number of amides is 5. The van der Waals surface area contributed by atoms with E-state index in [1.54, 1.807) is 0 Å². The SMILES string of the molecule is [2H]C([2H])([2H])C1(C([2H])([2H])[2H])[C@@H]2[C@@H](C(=O)NC([2H])(C(=O)C(N)=O)C([2H])([2H])C3([2H])C([2H])([2H])C([2H])([2H])C3([2H])[2H])N(C(=O)[C@H](CC(C)(C)C)NC(=O)NC(C([2H])([2H])[2H])(C([2H])([2H])[2H])C([2H])([2H])[2H])C[C@@H]21. The van der Waals surface area contributed by atoms with Crippen molar-refractivity contribution in [2.24, 2.45) is 34.3 Å². The molecule has 0 radical (unpaired) electrons. The first-order valence-electron chi connectivity index (χ1n) is 23.9. The van der Waals surface area contributed by atoms with Crippen LogP contribution in [0.15, 0.2) is 0 Å². The van der Waals surface area contributed by atoms with Crippen LogP contribution in [0.3, 0.4) is 0 Å². The number of likely N-dealkylation sites (tertiary alicyclic amines) is 1. The van der Waals surface area contributed by atoms with Crippen LogP contribution in [0.5, 0.6) is 0 Å². The lowest BCUT2D eigenvalue weighted by Crippen LogP contribution is -2.60. The number of fused-ring (bicyclic) bond motifs is 1. The molecule has 0 aromatic carbocycles. The summed E-state index contributed by atoms with van der Waals surface area (Å²) in [5.74, 6) is -16.4. The molecular formula is C28H47N5O5. The lowest BCUT2D eigenvalue weighted by atomic mass is 9.80. The number of hydrogen-bond donors (Lipinski definition) is 4. The summed E-state index contributed by atoms with van der Waals surface area (Å²) in [6, 6.07) is -11.0. The Balaban J connectivity index is 2.30. The molecule has 3 rings (SSSR count). The van der Waals surface area contributed by atoms with Gasteiger partial charge in [-0.3, -0.25) is 19.2 Å². The number of Topliss-reactive ketones (excluding diaryl/α,β-unsaturated/α-hetero) is 1. The molecule has 10 nitrogen and oxygen atoms in total. The summed E-state index contributed by atoms with van der Waals surface area (Å²) < 4.78 is 203. The van der Waals surface area contributed by atoms with Gasteiger partial charge < -0.3 is 26.6 Å². The topological polar surface area (TPSA) is 151 Å². The van der Waals surface area contributed by atoms with E-state index >= 15 is 0 Å². The molecule has 5 amide bonds. The number of hydrogen-bond acceptors (Lipinski definition) is 5. The second-order valence-corrected chi connectivity index (χ2v) is 10.5. The zero-order chi connectivity index (χ0) is 50.3. The molecule has 214 valence electrons. The third-order valence-corrected chi connectivity index (χ3v) is 6.10. The van der Waals surface area contributed by atoms with Crippen LogP contribution in [-0.2, 0) is 19.2 Å². The zero-order valence-electron chi connectivity index (χ0n) is 45.8. The van der Waals surface area contributed by atoms with Gasteiger partial charge in [-0.1, -0.05) is 53.6 Å². The van der Waals surface area contributed by atoms with Crippen molar-refractivity contribution in [1.29, 1.82) is 0 Å². The first-order valence-corrected chi connectivity index (χ1v) is 11.4. The van der Waals surface area contributed by atoms with E-state index in [0.29, 0.717) is 4.90 Å². The first kappa shape index (κ1) is 10.7. The molecule has 1 aliphatic heterocycles. The fourth-order valence-corrected chi connectivity index (χ4v) is 4.42. The highest BCUT2D eigenvalue weighted by Gasteiger charge is 2.69. The highest BCUT2D eigenvalue weighted by Crippen LogP contribution is 2.65. The summed E-state index contributed by atoms with van der Waals surface area (Å²) in [7, 11) is 0. The summed E-state index contributed by atoms with van der Waals surface area (Å²) in [6.45, 7) is -15.7. The van der Waals surface area contributed by atoms with Crippen molar-refractivity contribution < 1.29 is 58.2 Å². The number of carbonyl (C=O) groups excluding carboxylic acids is 5. The number of nitrogens with one attached hydrogen (secondary N) is 3. The molecule has 10 heteroatoms. The van der Waals surface area contributed by atoms with Crippen LogP contribution < -0.4 is 21.7 Å². The minimum Gasteiger partial charge on any atom is -0.363 e. The van der Waals surface area contributed by atoms with Crippen molar-refractivity contribution in [2.45, 2.75) is 111 Å². The number of ketones is 1. The van der Waals surface area contributed by atoms with Crippen LogP contribution >= 0.6 is 0 Å². The minimum absolute atomic E-state index is 0.392. The molecule has 0 aromatic heterocycles. The second-order valence-electron chi connectivity index (χ2n) is 10.5. The van der Waals surface area contributed by atoms with Crippen molar-refractivity contribution in [1.82, 2.24) is 20.9 Å². The van der Waals surface area contributed by atoms with Gasteiger partial charge in [-0.2, -0.15) is 0 Å². The van der Waals surface area contributed by atoms with Crippen molar-refractivity contribution in [3.63, 3.8) is 0 Å². The Labute approximate surface area is 261 Å². The predicted molar refractivity (Wildman–Crippen MR) is 144 cm³/mol. The summed E-state index contributed by atoms with van der Waals surface area (Å²) in [4.78, 5) is 68.9. The maximum atomic E-state index is 14.6. The minimum atomic E-state index is -4.54. The van der Waals surface area contributed by atoms with E-state index in [0.717, 1.165) is 0 Å².